The van der Waals surface area contributed by atoms with Gasteiger partial charge in [-0.25, -0.2) is 4.79 Å². The lowest BCUT2D eigenvalue weighted by Gasteiger charge is -2.15. The van der Waals surface area contributed by atoms with E-state index in [4.69, 9.17) is 0 Å². The summed E-state index contributed by atoms with van der Waals surface area (Å²) in [6.45, 7) is 0. The standard InChI is InChI=1S/C13H13N3O8/c1-24-13(19)11(3-2-4-17)14-12(18)8-5-9(15(20)21)7-10(6-8)16(22)23/h4-7,11H,2-3H2,1H3,(H,14,18)/t11-/m0/s1. The molecule has 11 heteroatoms. The van der Waals surface area contributed by atoms with Gasteiger partial charge in [0.1, 0.15) is 12.3 Å². The summed E-state index contributed by atoms with van der Waals surface area (Å²) in [7, 11) is 1.08. The summed E-state index contributed by atoms with van der Waals surface area (Å²) in [4.78, 5) is 54.0. The van der Waals surface area contributed by atoms with Gasteiger partial charge in [-0.15, -0.1) is 0 Å². The Morgan fingerprint density at radius 3 is 2.17 bits per heavy atom. The molecule has 1 rings (SSSR count). The van der Waals surface area contributed by atoms with E-state index in [1.165, 1.54) is 0 Å². The van der Waals surface area contributed by atoms with Gasteiger partial charge in [-0.05, 0) is 6.42 Å². The Labute approximate surface area is 134 Å². The van der Waals surface area contributed by atoms with E-state index in [1.807, 2.05) is 0 Å². The van der Waals surface area contributed by atoms with Crippen molar-refractivity contribution in [3.05, 3.63) is 44.0 Å². The molecule has 11 nitrogen and oxygen atoms in total. The zero-order valence-corrected chi connectivity index (χ0v) is 12.5. The van der Waals surface area contributed by atoms with E-state index in [-0.39, 0.29) is 18.4 Å². The SMILES string of the molecule is COC(=O)[C@H](CCC=O)NC(=O)c1cc([N+](=O)[O-])cc([N+](=O)[O-])c1. The molecular weight excluding hydrogens is 326 g/mol. The van der Waals surface area contributed by atoms with Crippen molar-refractivity contribution < 1.29 is 29.0 Å². The first-order chi connectivity index (χ1) is 11.3. The molecule has 0 saturated heterocycles. The monoisotopic (exact) mass is 339 g/mol. The number of nitro benzene ring substituents is 2. The number of carbonyl (C=O) groups excluding carboxylic acids is 3. The summed E-state index contributed by atoms with van der Waals surface area (Å²) in [6, 6.07) is 1.24. The van der Waals surface area contributed by atoms with Crippen LogP contribution in [0.25, 0.3) is 0 Å². The Bertz CT molecular complexity index is 656. The molecule has 1 atom stereocenters. The third-order valence-electron chi connectivity index (χ3n) is 2.95. The minimum absolute atomic E-state index is 0.0326. The van der Waals surface area contributed by atoms with E-state index in [0.717, 1.165) is 19.2 Å². The fourth-order valence-corrected chi connectivity index (χ4v) is 1.80. The van der Waals surface area contributed by atoms with Crippen LogP contribution in [0.1, 0.15) is 23.2 Å². The number of esters is 1. The van der Waals surface area contributed by atoms with Gasteiger partial charge >= 0.3 is 5.97 Å². The number of nitrogens with one attached hydrogen (secondary N) is 1. The zero-order chi connectivity index (χ0) is 18.3. The number of benzene rings is 1. The van der Waals surface area contributed by atoms with E-state index in [2.05, 4.69) is 10.1 Å². The fourth-order valence-electron chi connectivity index (χ4n) is 1.80. The molecule has 0 aromatic heterocycles. The van der Waals surface area contributed by atoms with Crippen LogP contribution < -0.4 is 5.32 Å². The second-order valence-corrected chi connectivity index (χ2v) is 4.55. The molecule has 0 fully saturated rings. The largest absolute Gasteiger partial charge is 0.467 e. The van der Waals surface area contributed by atoms with Crippen LogP contribution in [0.4, 0.5) is 11.4 Å². The number of nitro groups is 2. The highest BCUT2D eigenvalue weighted by atomic mass is 16.6. The van der Waals surface area contributed by atoms with E-state index < -0.39 is 39.1 Å². The van der Waals surface area contributed by atoms with Crippen LogP contribution in [0.5, 0.6) is 0 Å². The van der Waals surface area contributed by atoms with Gasteiger partial charge in [0.05, 0.1) is 28.6 Å². The average molecular weight is 339 g/mol. The Morgan fingerprint density at radius 1 is 1.21 bits per heavy atom. The average Bonchev–Trinajstić information content (AvgIpc) is 2.56. The third kappa shape index (κ3) is 4.83. The molecule has 0 bridgehead atoms. The predicted octanol–water partition coefficient (Wildman–Crippen LogP) is 0.753. The van der Waals surface area contributed by atoms with Gasteiger partial charge in [-0.3, -0.25) is 25.0 Å². The lowest BCUT2D eigenvalue weighted by Crippen LogP contribution is -2.41. The van der Waals surface area contributed by atoms with Gasteiger partial charge in [-0.1, -0.05) is 0 Å². The number of amides is 1. The molecule has 0 spiro atoms. The second kappa shape index (κ2) is 8.31. The van der Waals surface area contributed by atoms with E-state index in [9.17, 15) is 34.6 Å². The Balaban J connectivity index is 3.11. The highest BCUT2D eigenvalue weighted by Crippen LogP contribution is 2.22. The van der Waals surface area contributed by atoms with Crippen LogP contribution in [-0.2, 0) is 14.3 Å². The Kier molecular flexibility index (Phi) is 6.47. The Morgan fingerprint density at radius 2 is 1.75 bits per heavy atom. The van der Waals surface area contributed by atoms with Gasteiger partial charge in [-0.2, -0.15) is 0 Å². The second-order valence-electron chi connectivity index (χ2n) is 4.55. The topological polar surface area (TPSA) is 159 Å². The molecule has 1 aromatic rings. The molecule has 1 amide bonds. The fraction of sp³-hybridized carbons (Fsp3) is 0.308. The van der Waals surface area contributed by atoms with Gasteiger partial charge in [0.25, 0.3) is 17.3 Å². The summed E-state index contributed by atoms with van der Waals surface area (Å²) in [6.07, 6.45) is 0.467. The number of hydrogen-bond donors (Lipinski definition) is 1. The lowest BCUT2D eigenvalue weighted by molar-refractivity contribution is -0.394. The smallest absolute Gasteiger partial charge is 0.328 e. The summed E-state index contributed by atoms with van der Waals surface area (Å²) >= 11 is 0. The zero-order valence-electron chi connectivity index (χ0n) is 12.5. The first-order valence-corrected chi connectivity index (χ1v) is 6.56. The van der Waals surface area contributed by atoms with Crippen molar-refractivity contribution in [2.45, 2.75) is 18.9 Å². The number of hydrogen-bond acceptors (Lipinski definition) is 8. The third-order valence-corrected chi connectivity index (χ3v) is 2.95. The normalized spacial score (nSPS) is 11.2. The number of rotatable bonds is 8. The maximum atomic E-state index is 12.1. The van der Waals surface area contributed by atoms with Crippen molar-refractivity contribution in [2.75, 3.05) is 7.11 Å². The van der Waals surface area contributed by atoms with E-state index in [0.29, 0.717) is 12.4 Å². The lowest BCUT2D eigenvalue weighted by atomic mass is 10.1. The van der Waals surface area contributed by atoms with Crippen molar-refractivity contribution in [2.24, 2.45) is 0 Å². The van der Waals surface area contributed by atoms with Crippen LogP contribution in [-0.4, -0.2) is 41.2 Å². The van der Waals surface area contributed by atoms with Crippen molar-refractivity contribution in [3.63, 3.8) is 0 Å². The van der Waals surface area contributed by atoms with Crippen molar-refractivity contribution in [3.8, 4) is 0 Å². The van der Waals surface area contributed by atoms with Gasteiger partial charge in [0.15, 0.2) is 0 Å². The van der Waals surface area contributed by atoms with Crippen LogP contribution in [0.15, 0.2) is 18.2 Å². The van der Waals surface area contributed by atoms with Crippen LogP contribution >= 0.6 is 0 Å². The molecule has 0 aliphatic heterocycles. The maximum absolute atomic E-state index is 12.1. The van der Waals surface area contributed by atoms with Gasteiger partial charge in [0.2, 0.25) is 0 Å². The summed E-state index contributed by atoms with van der Waals surface area (Å²) in [5, 5.41) is 23.8. The van der Waals surface area contributed by atoms with Gasteiger partial charge in [0, 0.05) is 18.6 Å². The number of nitrogens with zero attached hydrogens (tertiary/aromatic N) is 2. The molecule has 1 N–H and O–H groups in total. The van der Waals surface area contributed by atoms with Crippen molar-refractivity contribution in [1.29, 1.82) is 0 Å². The van der Waals surface area contributed by atoms with Crippen LogP contribution in [0, 0.1) is 20.2 Å². The summed E-state index contributed by atoms with van der Waals surface area (Å²) < 4.78 is 4.48. The minimum atomic E-state index is -1.16. The quantitative estimate of drug-likeness (QED) is 0.314. The van der Waals surface area contributed by atoms with E-state index >= 15 is 0 Å². The molecule has 128 valence electrons. The van der Waals surface area contributed by atoms with Gasteiger partial charge < -0.3 is 14.8 Å². The molecule has 1 aromatic carbocycles. The molecule has 0 aliphatic carbocycles. The number of non-ortho nitro benzene ring substituents is 2. The summed E-state index contributed by atoms with van der Waals surface area (Å²) in [5.41, 5.74) is -1.65. The number of aldehydes is 1. The molecule has 0 unspecified atom stereocenters. The predicted molar refractivity (Wildman–Crippen MR) is 78.3 cm³/mol. The first kappa shape index (κ1) is 18.7. The molecule has 24 heavy (non-hydrogen) atoms. The minimum Gasteiger partial charge on any atom is -0.467 e. The number of methoxy groups -OCH3 is 1. The molecule has 0 heterocycles. The Hall–Kier alpha value is -3.37. The summed E-state index contributed by atoms with van der Waals surface area (Å²) in [5.74, 6) is -1.76. The van der Waals surface area contributed by atoms with Crippen molar-refractivity contribution >= 4 is 29.5 Å². The van der Waals surface area contributed by atoms with Crippen molar-refractivity contribution in [1.82, 2.24) is 5.32 Å². The highest BCUT2D eigenvalue weighted by molar-refractivity contribution is 5.98. The number of carbonyl (C=O) groups is 3. The first-order valence-electron chi connectivity index (χ1n) is 6.56. The van der Waals surface area contributed by atoms with E-state index in [1.54, 1.807) is 0 Å². The molecular formula is C13H13N3O8. The maximum Gasteiger partial charge on any atom is 0.328 e. The highest BCUT2D eigenvalue weighted by Gasteiger charge is 2.25. The molecule has 0 aliphatic rings. The van der Waals surface area contributed by atoms with Crippen LogP contribution in [0.3, 0.4) is 0 Å². The molecule has 0 radical (unpaired) electrons. The molecule has 0 saturated carbocycles. The van der Waals surface area contributed by atoms with Crippen LogP contribution in [0.2, 0.25) is 0 Å². The number of ether oxygens (including phenoxy) is 1.